The molecule has 1 aliphatic rings. The van der Waals surface area contributed by atoms with Crippen molar-refractivity contribution in [2.45, 2.75) is 19.3 Å². The zero-order valence-corrected chi connectivity index (χ0v) is 9.10. The van der Waals surface area contributed by atoms with Crippen molar-refractivity contribution < 1.29 is 0 Å². The van der Waals surface area contributed by atoms with Crippen molar-refractivity contribution in [2.24, 2.45) is 0 Å². The van der Waals surface area contributed by atoms with Gasteiger partial charge in [0.2, 0.25) is 0 Å². The molecule has 0 amide bonds. The molecule has 1 atom stereocenters. The fourth-order valence-corrected chi connectivity index (χ4v) is 1.90. The Kier molecular flexibility index (Phi) is 3.72. The van der Waals surface area contributed by atoms with E-state index < -0.39 is 0 Å². The number of halogens is 1. The molecule has 1 saturated heterocycles. The highest BCUT2D eigenvalue weighted by Gasteiger charge is 2.16. The number of rotatable bonds is 1. The molecule has 1 aliphatic heterocycles. The van der Waals surface area contributed by atoms with Gasteiger partial charge >= 0.3 is 0 Å². The molecular formula is C10H16ClN3. The van der Waals surface area contributed by atoms with Gasteiger partial charge < -0.3 is 11.1 Å². The molecule has 0 spiro atoms. The Hall–Kier alpha value is -0.800. The lowest BCUT2D eigenvalue weighted by Gasteiger charge is -2.09. The number of anilines is 1. The molecule has 0 saturated carbocycles. The third-order valence-electron chi connectivity index (χ3n) is 2.53. The lowest BCUT2D eigenvalue weighted by atomic mass is 9.99. The van der Waals surface area contributed by atoms with Crippen LogP contribution in [0.25, 0.3) is 0 Å². The average Bonchev–Trinajstić information content (AvgIpc) is 2.53. The molecule has 3 N–H and O–H groups in total. The smallest absolute Gasteiger partial charge is 0.123 e. The van der Waals surface area contributed by atoms with Crippen LogP contribution in [-0.2, 0) is 0 Å². The van der Waals surface area contributed by atoms with E-state index in [1.54, 1.807) is 0 Å². The standard InChI is InChI=1S/C10H15N3.ClH/c1-7-4-9(5-10(11)13-7)8-2-3-12-6-8;/h4-5,8,12H,2-3,6H2,1H3,(H2,11,13);1H. The number of hydrogen-bond acceptors (Lipinski definition) is 3. The molecule has 1 fully saturated rings. The third kappa shape index (κ3) is 2.36. The second-order valence-corrected chi connectivity index (χ2v) is 3.66. The normalized spacial score (nSPS) is 20.5. The molecule has 14 heavy (non-hydrogen) atoms. The lowest BCUT2D eigenvalue weighted by molar-refractivity contribution is 0.761. The summed E-state index contributed by atoms with van der Waals surface area (Å²) in [6.45, 7) is 4.18. The summed E-state index contributed by atoms with van der Waals surface area (Å²) in [4.78, 5) is 4.16. The number of nitrogens with zero attached hydrogens (tertiary/aromatic N) is 1. The van der Waals surface area contributed by atoms with Crippen molar-refractivity contribution in [3.63, 3.8) is 0 Å². The maximum absolute atomic E-state index is 5.70. The monoisotopic (exact) mass is 213 g/mol. The van der Waals surface area contributed by atoms with E-state index in [1.807, 2.05) is 13.0 Å². The van der Waals surface area contributed by atoms with Gasteiger partial charge in [0.1, 0.15) is 5.82 Å². The van der Waals surface area contributed by atoms with Crippen LogP contribution in [-0.4, -0.2) is 18.1 Å². The van der Waals surface area contributed by atoms with Gasteiger partial charge in [-0.15, -0.1) is 12.4 Å². The van der Waals surface area contributed by atoms with E-state index in [0.717, 1.165) is 18.8 Å². The van der Waals surface area contributed by atoms with Crippen molar-refractivity contribution in [3.05, 3.63) is 23.4 Å². The minimum absolute atomic E-state index is 0. The predicted molar refractivity (Wildman–Crippen MR) is 60.9 cm³/mol. The second-order valence-electron chi connectivity index (χ2n) is 3.66. The number of nitrogens with one attached hydrogen (secondary N) is 1. The van der Waals surface area contributed by atoms with Gasteiger partial charge in [-0.25, -0.2) is 4.98 Å². The first-order valence-electron chi connectivity index (χ1n) is 4.70. The van der Waals surface area contributed by atoms with Crippen LogP contribution >= 0.6 is 12.4 Å². The lowest BCUT2D eigenvalue weighted by Crippen LogP contribution is -2.08. The van der Waals surface area contributed by atoms with Gasteiger partial charge in [-0.3, -0.25) is 0 Å². The van der Waals surface area contributed by atoms with E-state index in [0.29, 0.717) is 11.7 Å². The van der Waals surface area contributed by atoms with E-state index in [9.17, 15) is 0 Å². The zero-order chi connectivity index (χ0) is 9.26. The van der Waals surface area contributed by atoms with Crippen molar-refractivity contribution in [1.29, 1.82) is 0 Å². The van der Waals surface area contributed by atoms with Gasteiger partial charge in [-0.05, 0) is 43.5 Å². The summed E-state index contributed by atoms with van der Waals surface area (Å²) in [7, 11) is 0. The van der Waals surface area contributed by atoms with Crippen LogP contribution in [0.5, 0.6) is 0 Å². The third-order valence-corrected chi connectivity index (χ3v) is 2.53. The Bertz CT molecular complexity index is 288. The van der Waals surface area contributed by atoms with Crippen LogP contribution in [0.15, 0.2) is 12.1 Å². The Balaban J connectivity index is 0.000000980. The summed E-state index contributed by atoms with van der Waals surface area (Å²) in [5.41, 5.74) is 8.04. The van der Waals surface area contributed by atoms with Crippen LogP contribution in [0.3, 0.4) is 0 Å². The molecule has 0 aromatic carbocycles. The summed E-state index contributed by atoms with van der Waals surface area (Å²) in [5, 5.41) is 3.35. The van der Waals surface area contributed by atoms with Crippen LogP contribution in [0.1, 0.15) is 23.6 Å². The van der Waals surface area contributed by atoms with Crippen molar-refractivity contribution in [2.75, 3.05) is 18.8 Å². The van der Waals surface area contributed by atoms with E-state index in [1.165, 1.54) is 12.0 Å². The minimum atomic E-state index is 0. The van der Waals surface area contributed by atoms with E-state index in [2.05, 4.69) is 16.4 Å². The summed E-state index contributed by atoms with van der Waals surface area (Å²) < 4.78 is 0. The number of nitrogen functional groups attached to an aromatic ring is 1. The van der Waals surface area contributed by atoms with Gasteiger partial charge in [0, 0.05) is 12.2 Å². The fraction of sp³-hybridized carbons (Fsp3) is 0.500. The Morgan fingerprint density at radius 1 is 1.50 bits per heavy atom. The van der Waals surface area contributed by atoms with Crippen LogP contribution in [0.4, 0.5) is 5.82 Å². The summed E-state index contributed by atoms with van der Waals surface area (Å²) >= 11 is 0. The second kappa shape index (κ2) is 4.62. The van der Waals surface area contributed by atoms with Crippen LogP contribution in [0.2, 0.25) is 0 Å². The molecule has 78 valence electrons. The molecule has 1 aromatic heterocycles. The average molecular weight is 214 g/mol. The van der Waals surface area contributed by atoms with E-state index in [-0.39, 0.29) is 12.4 Å². The molecule has 0 bridgehead atoms. The zero-order valence-electron chi connectivity index (χ0n) is 8.29. The van der Waals surface area contributed by atoms with Crippen molar-refractivity contribution in [3.8, 4) is 0 Å². The Labute approximate surface area is 90.5 Å². The largest absolute Gasteiger partial charge is 0.384 e. The summed E-state index contributed by atoms with van der Waals surface area (Å²) in [6.07, 6.45) is 1.21. The van der Waals surface area contributed by atoms with Crippen molar-refractivity contribution >= 4 is 18.2 Å². The molecule has 1 aromatic rings. The van der Waals surface area contributed by atoms with Crippen molar-refractivity contribution in [1.82, 2.24) is 10.3 Å². The highest BCUT2D eigenvalue weighted by Crippen LogP contribution is 2.23. The predicted octanol–water partition coefficient (Wildman–Crippen LogP) is 1.47. The van der Waals surface area contributed by atoms with Gasteiger partial charge in [0.25, 0.3) is 0 Å². The van der Waals surface area contributed by atoms with Gasteiger partial charge in [-0.1, -0.05) is 0 Å². The summed E-state index contributed by atoms with van der Waals surface area (Å²) in [5.74, 6) is 1.27. The first kappa shape index (κ1) is 11.3. The van der Waals surface area contributed by atoms with Gasteiger partial charge in [-0.2, -0.15) is 0 Å². The number of nitrogens with two attached hydrogens (primary N) is 1. The fourth-order valence-electron chi connectivity index (χ4n) is 1.90. The van der Waals surface area contributed by atoms with E-state index in [4.69, 9.17) is 5.73 Å². The molecule has 1 unspecified atom stereocenters. The molecule has 2 heterocycles. The molecule has 3 nitrogen and oxygen atoms in total. The van der Waals surface area contributed by atoms with Gasteiger partial charge in [0.15, 0.2) is 0 Å². The van der Waals surface area contributed by atoms with E-state index >= 15 is 0 Å². The quantitative estimate of drug-likeness (QED) is 0.743. The molecule has 0 aliphatic carbocycles. The van der Waals surface area contributed by atoms with Crippen LogP contribution < -0.4 is 11.1 Å². The molecule has 4 heteroatoms. The number of aromatic nitrogens is 1. The SMILES string of the molecule is Cc1cc(C2CCNC2)cc(N)n1.Cl. The molecule has 2 rings (SSSR count). The number of aryl methyl sites for hydroxylation is 1. The Morgan fingerprint density at radius 2 is 2.29 bits per heavy atom. The minimum Gasteiger partial charge on any atom is -0.384 e. The highest BCUT2D eigenvalue weighted by atomic mass is 35.5. The highest BCUT2D eigenvalue weighted by molar-refractivity contribution is 5.85. The molecular weight excluding hydrogens is 198 g/mol. The number of hydrogen-bond donors (Lipinski definition) is 2. The first-order chi connectivity index (χ1) is 6.25. The maximum atomic E-state index is 5.70. The van der Waals surface area contributed by atoms with Crippen LogP contribution in [0, 0.1) is 6.92 Å². The Morgan fingerprint density at radius 3 is 2.86 bits per heavy atom. The topological polar surface area (TPSA) is 50.9 Å². The number of pyridine rings is 1. The van der Waals surface area contributed by atoms with Gasteiger partial charge in [0.05, 0.1) is 0 Å². The summed E-state index contributed by atoms with van der Waals surface area (Å²) in [6, 6.07) is 4.12. The maximum Gasteiger partial charge on any atom is 0.123 e. The molecule has 0 radical (unpaired) electrons. The first-order valence-corrected chi connectivity index (χ1v) is 4.70.